The van der Waals surface area contributed by atoms with Crippen LogP contribution < -0.4 is 4.74 Å². The standard InChI is InChI=1S/C11H14O3/c1-6-7(2)11(14-4)9(8(3)12)5-10(6)13/h5,13H,1-4H3. The molecule has 0 saturated heterocycles. The Morgan fingerprint density at radius 1 is 1.36 bits per heavy atom. The van der Waals surface area contributed by atoms with E-state index in [1.807, 2.05) is 6.92 Å². The highest BCUT2D eigenvalue weighted by atomic mass is 16.5. The minimum atomic E-state index is -0.111. The van der Waals surface area contributed by atoms with Crippen LogP contribution in [0.5, 0.6) is 11.5 Å². The largest absolute Gasteiger partial charge is 0.508 e. The fourth-order valence-electron chi connectivity index (χ4n) is 1.40. The number of carbonyl (C=O) groups is 1. The van der Waals surface area contributed by atoms with Crippen molar-refractivity contribution in [3.05, 3.63) is 22.8 Å². The van der Waals surface area contributed by atoms with Gasteiger partial charge in [0.05, 0.1) is 12.7 Å². The van der Waals surface area contributed by atoms with Gasteiger partial charge in [0.1, 0.15) is 11.5 Å². The minimum Gasteiger partial charge on any atom is -0.508 e. The van der Waals surface area contributed by atoms with Gasteiger partial charge in [0.25, 0.3) is 0 Å². The Balaban J connectivity index is 3.51. The van der Waals surface area contributed by atoms with Gasteiger partial charge in [-0.15, -0.1) is 0 Å². The third-order valence-electron chi connectivity index (χ3n) is 2.40. The number of Topliss-reactive ketones (excluding diaryl/α,β-unsaturated/α-hetero) is 1. The van der Waals surface area contributed by atoms with Crippen molar-refractivity contribution in [2.45, 2.75) is 20.8 Å². The highest BCUT2D eigenvalue weighted by Crippen LogP contribution is 2.32. The number of ketones is 1. The highest BCUT2D eigenvalue weighted by molar-refractivity contribution is 5.98. The third-order valence-corrected chi connectivity index (χ3v) is 2.40. The Bertz CT molecular complexity index is 381. The van der Waals surface area contributed by atoms with E-state index in [4.69, 9.17) is 4.74 Å². The molecule has 0 fully saturated rings. The second-order valence-corrected chi connectivity index (χ2v) is 3.28. The van der Waals surface area contributed by atoms with Crippen LogP contribution in [0.2, 0.25) is 0 Å². The van der Waals surface area contributed by atoms with Crippen molar-refractivity contribution in [3.63, 3.8) is 0 Å². The summed E-state index contributed by atoms with van der Waals surface area (Å²) in [5.41, 5.74) is 1.97. The Kier molecular flexibility index (Phi) is 2.79. The van der Waals surface area contributed by atoms with Crippen LogP contribution in [-0.2, 0) is 0 Å². The van der Waals surface area contributed by atoms with Gasteiger partial charge in [0.15, 0.2) is 5.78 Å². The molecule has 0 unspecified atom stereocenters. The number of benzene rings is 1. The minimum absolute atomic E-state index is 0.111. The normalized spacial score (nSPS) is 10.0. The molecule has 3 nitrogen and oxygen atoms in total. The van der Waals surface area contributed by atoms with E-state index in [1.165, 1.54) is 20.1 Å². The Labute approximate surface area is 83.3 Å². The maximum atomic E-state index is 11.2. The van der Waals surface area contributed by atoms with E-state index in [0.717, 1.165) is 11.1 Å². The summed E-state index contributed by atoms with van der Waals surface area (Å²) in [6.45, 7) is 5.06. The zero-order valence-electron chi connectivity index (χ0n) is 8.84. The van der Waals surface area contributed by atoms with E-state index >= 15 is 0 Å². The summed E-state index contributed by atoms with van der Waals surface area (Å²) in [6.07, 6.45) is 0. The summed E-state index contributed by atoms with van der Waals surface area (Å²) in [5.74, 6) is 0.571. The third kappa shape index (κ3) is 1.58. The SMILES string of the molecule is COc1c(C(C)=O)cc(O)c(C)c1C. The molecule has 1 aromatic rings. The molecule has 0 aliphatic carbocycles. The number of aromatic hydroxyl groups is 1. The van der Waals surface area contributed by atoms with E-state index in [-0.39, 0.29) is 11.5 Å². The number of hydrogen-bond donors (Lipinski definition) is 1. The fraction of sp³-hybridized carbons (Fsp3) is 0.364. The summed E-state index contributed by atoms with van der Waals surface area (Å²) < 4.78 is 5.14. The molecule has 0 aliphatic rings. The zero-order valence-corrected chi connectivity index (χ0v) is 8.84. The number of ether oxygens (including phenoxy) is 1. The number of phenolic OH excluding ortho intramolecular Hbond substituents is 1. The van der Waals surface area contributed by atoms with Crippen LogP contribution in [0.4, 0.5) is 0 Å². The first-order valence-electron chi connectivity index (χ1n) is 4.37. The summed E-state index contributed by atoms with van der Waals surface area (Å²) in [7, 11) is 1.52. The van der Waals surface area contributed by atoms with E-state index in [9.17, 15) is 9.90 Å². The molecule has 0 aromatic heterocycles. The average molecular weight is 194 g/mol. The Morgan fingerprint density at radius 3 is 2.36 bits per heavy atom. The molecular formula is C11H14O3. The van der Waals surface area contributed by atoms with Crippen LogP contribution >= 0.6 is 0 Å². The van der Waals surface area contributed by atoms with Crippen LogP contribution in [0.3, 0.4) is 0 Å². The lowest BCUT2D eigenvalue weighted by molar-refractivity contribution is 0.101. The van der Waals surface area contributed by atoms with Crippen molar-refractivity contribution in [3.8, 4) is 11.5 Å². The summed E-state index contributed by atoms with van der Waals surface area (Å²) in [5, 5.41) is 9.54. The van der Waals surface area contributed by atoms with Gasteiger partial charge in [-0.25, -0.2) is 0 Å². The van der Waals surface area contributed by atoms with Crippen LogP contribution in [0.15, 0.2) is 6.07 Å². The van der Waals surface area contributed by atoms with Crippen molar-refractivity contribution in [2.75, 3.05) is 7.11 Å². The van der Waals surface area contributed by atoms with Gasteiger partial charge in [-0.2, -0.15) is 0 Å². The molecule has 0 amide bonds. The van der Waals surface area contributed by atoms with Crippen LogP contribution in [0.1, 0.15) is 28.4 Å². The number of phenols is 1. The number of carbonyl (C=O) groups excluding carboxylic acids is 1. The molecule has 3 heteroatoms. The molecule has 14 heavy (non-hydrogen) atoms. The van der Waals surface area contributed by atoms with Gasteiger partial charge in [0.2, 0.25) is 0 Å². The summed E-state index contributed by atoms with van der Waals surface area (Å²) in [6, 6.07) is 1.45. The molecule has 0 radical (unpaired) electrons. The second-order valence-electron chi connectivity index (χ2n) is 3.28. The molecule has 76 valence electrons. The topological polar surface area (TPSA) is 46.5 Å². The highest BCUT2D eigenvalue weighted by Gasteiger charge is 2.15. The predicted octanol–water partition coefficient (Wildman–Crippen LogP) is 2.22. The molecule has 0 heterocycles. The molecular weight excluding hydrogens is 180 g/mol. The van der Waals surface area contributed by atoms with Gasteiger partial charge >= 0.3 is 0 Å². The lowest BCUT2D eigenvalue weighted by atomic mass is 10.0. The Morgan fingerprint density at radius 2 is 1.93 bits per heavy atom. The van der Waals surface area contributed by atoms with Gasteiger partial charge in [-0.3, -0.25) is 4.79 Å². The molecule has 0 spiro atoms. The average Bonchev–Trinajstić information content (AvgIpc) is 2.13. The first-order valence-corrected chi connectivity index (χ1v) is 4.37. The summed E-state index contributed by atoms with van der Waals surface area (Å²) >= 11 is 0. The van der Waals surface area contributed by atoms with Crippen LogP contribution in [-0.4, -0.2) is 18.0 Å². The quantitative estimate of drug-likeness (QED) is 0.734. The van der Waals surface area contributed by atoms with Gasteiger partial charge in [-0.05, 0) is 38.0 Å². The molecule has 0 saturated carbocycles. The van der Waals surface area contributed by atoms with E-state index in [1.54, 1.807) is 6.92 Å². The van der Waals surface area contributed by atoms with E-state index in [2.05, 4.69) is 0 Å². The zero-order chi connectivity index (χ0) is 10.9. The molecule has 1 N–H and O–H groups in total. The number of methoxy groups -OCH3 is 1. The molecule has 1 rings (SSSR count). The van der Waals surface area contributed by atoms with Crippen molar-refractivity contribution in [2.24, 2.45) is 0 Å². The van der Waals surface area contributed by atoms with Gasteiger partial charge in [0, 0.05) is 0 Å². The monoisotopic (exact) mass is 194 g/mol. The second kappa shape index (κ2) is 3.70. The smallest absolute Gasteiger partial charge is 0.163 e. The van der Waals surface area contributed by atoms with Crippen molar-refractivity contribution < 1.29 is 14.6 Å². The first kappa shape index (κ1) is 10.6. The molecule has 0 aliphatic heterocycles. The predicted molar refractivity (Wildman–Crippen MR) is 54.1 cm³/mol. The molecule has 0 atom stereocenters. The summed E-state index contributed by atoms with van der Waals surface area (Å²) in [4.78, 5) is 11.2. The van der Waals surface area contributed by atoms with Crippen molar-refractivity contribution in [1.29, 1.82) is 0 Å². The molecule has 0 bridgehead atoms. The lowest BCUT2D eigenvalue weighted by Gasteiger charge is -2.12. The van der Waals surface area contributed by atoms with Crippen LogP contribution in [0, 0.1) is 13.8 Å². The lowest BCUT2D eigenvalue weighted by Crippen LogP contribution is -2.01. The van der Waals surface area contributed by atoms with Gasteiger partial charge < -0.3 is 9.84 Å². The first-order chi connectivity index (χ1) is 6.49. The fourth-order valence-corrected chi connectivity index (χ4v) is 1.40. The number of hydrogen-bond acceptors (Lipinski definition) is 3. The Hall–Kier alpha value is -1.51. The van der Waals surface area contributed by atoms with E-state index < -0.39 is 0 Å². The van der Waals surface area contributed by atoms with Crippen molar-refractivity contribution in [1.82, 2.24) is 0 Å². The van der Waals surface area contributed by atoms with Crippen LogP contribution in [0.25, 0.3) is 0 Å². The maximum Gasteiger partial charge on any atom is 0.163 e. The van der Waals surface area contributed by atoms with Crippen molar-refractivity contribution >= 4 is 5.78 Å². The number of rotatable bonds is 2. The maximum absolute atomic E-state index is 11.2. The van der Waals surface area contributed by atoms with Gasteiger partial charge in [-0.1, -0.05) is 0 Å². The molecule has 1 aromatic carbocycles. The van der Waals surface area contributed by atoms with E-state index in [0.29, 0.717) is 11.3 Å².